The number of rotatable bonds is 3. The molecular formula is C21H20N2O4S. The molecule has 28 heavy (non-hydrogen) atoms. The van der Waals surface area contributed by atoms with E-state index in [-0.39, 0.29) is 17.1 Å². The molecule has 0 atom stereocenters. The first-order valence-corrected chi connectivity index (χ1v) is 10.1. The van der Waals surface area contributed by atoms with Crippen LogP contribution in [0, 0.1) is 0 Å². The van der Waals surface area contributed by atoms with E-state index >= 15 is 0 Å². The molecule has 0 radical (unpaired) electrons. The highest BCUT2D eigenvalue weighted by Gasteiger charge is 2.26. The van der Waals surface area contributed by atoms with Gasteiger partial charge in [0.1, 0.15) is 10.6 Å². The van der Waals surface area contributed by atoms with Crippen molar-refractivity contribution in [3.63, 3.8) is 0 Å². The van der Waals surface area contributed by atoms with Crippen LogP contribution < -0.4 is 16.1 Å². The molecule has 2 aromatic heterocycles. The number of benzene rings is 1. The van der Waals surface area contributed by atoms with Crippen LogP contribution >= 0.6 is 11.3 Å². The largest absolute Gasteiger partial charge is 0.451 e. The van der Waals surface area contributed by atoms with E-state index in [0.717, 1.165) is 42.5 Å². The van der Waals surface area contributed by atoms with Gasteiger partial charge in [0, 0.05) is 18.0 Å². The third kappa shape index (κ3) is 3.33. The molecule has 7 heteroatoms. The first kappa shape index (κ1) is 18.4. The lowest BCUT2D eigenvalue weighted by Crippen LogP contribution is -2.22. The topological polar surface area (TPSA) is 88.4 Å². The monoisotopic (exact) mass is 396 g/mol. The van der Waals surface area contributed by atoms with Crippen LogP contribution in [0.2, 0.25) is 0 Å². The molecule has 0 spiro atoms. The van der Waals surface area contributed by atoms with E-state index in [1.54, 1.807) is 31.3 Å². The van der Waals surface area contributed by atoms with Crippen molar-refractivity contribution < 1.29 is 14.0 Å². The minimum absolute atomic E-state index is 0.0739. The molecule has 0 aliphatic heterocycles. The second-order valence-electron chi connectivity index (χ2n) is 6.77. The summed E-state index contributed by atoms with van der Waals surface area (Å²) in [5.41, 5.74) is 1.63. The van der Waals surface area contributed by atoms with Crippen LogP contribution in [-0.4, -0.2) is 18.9 Å². The molecule has 2 heterocycles. The third-order valence-electron chi connectivity index (χ3n) is 4.96. The first-order valence-electron chi connectivity index (χ1n) is 9.29. The molecule has 0 saturated carbocycles. The Morgan fingerprint density at radius 3 is 2.68 bits per heavy atom. The Hall–Kier alpha value is -2.93. The maximum Gasteiger partial charge on any atom is 0.292 e. The normalized spacial score (nSPS) is 13.6. The van der Waals surface area contributed by atoms with E-state index in [1.165, 1.54) is 17.4 Å². The van der Waals surface area contributed by atoms with Gasteiger partial charge in [-0.2, -0.15) is 0 Å². The van der Waals surface area contributed by atoms with E-state index in [0.29, 0.717) is 21.5 Å². The van der Waals surface area contributed by atoms with Gasteiger partial charge in [0.15, 0.2) is 11.2 Å². The summed E-state index contributed by atoms with van der Waals surface area (Å²) in [5, 5.41) is 6.40. The highest BCUT2D eigenvalue weighted by molar-refractivity contribution is 7.17. The summed E-state index contributed by atoms with van der Waals surface area (Å²) in [6.45, 7) is 0. The van der Waals surface area contributed by atoms with Gasteiger partial charge >= 0.3 is 0 Å². The number of carbonyl (C=O) groups is 2. The number of anilines is 1. The van der Waals surface area contributed by atoms with Crippen LogP contribution in [-0.2, 0) is 12.8 Å². The minimum Gasteiger partial charge on any atom is -0.451 e. The second-order valence-corrected chi connectivity index (χ2v) is 7.88. The quantitative estimate of drug-likeness (QED) is 0.660. The fourth-order valence-electron chi connectivity index (χ4n) is 3.58. The molecule has 0 bridgehead atoms. The molecule has 0 unspecified atom stereocenters. The summed E-state index contributed by atoms with van der Waals surface area (Å²) in [6, 6.07) is 7.98. The molecule has 4 rings (SSSR count). The summed E-state index contributed by atoms with van der Waals surface area (Å²) in [6.07, 6.45) is 4.98. The molecule has 2 N–H and O–H groups in total. The number of aryl methyl sites for hydroxylation is 1. The van der Waals surface area contributed by atoms with Gasteiger partial charge < -0.3 is 15.1 Å². The maximum atomic E-state index is 12.8. The van der Waals surface area contributed by atoms with Crippen molar-refractivity contribution in [2.24, 2.45) is 0 Å². The lowest BCUT2D eigenvalue weighted by atomic mass is 10.0. The minimum atomic E-state index is -0.538. The molecular weight excluding hydrogens is 376 g/mol. The molecule has 2 amide bonds. The molecule has 6 nitrogen and oxygen atoms in total. The Morgan fingerprint density at radius 2 is 1.86 bits per heavy atom. The molecule has 0 fully saturated rings. The highest BCUT2D eigenvalue weighted by atomic mass is 32.1. The summed E-state index contributed by atoms with van der Waals surface area (Å²) in [7, 11) is 1.58. The lowest BCUT2D eigenvalue weighted by molar-refractivity contribution is 0.0963. The van der Waals surface area contributed by atoms with Gasteiger partial charge in [-0.05, 0) is 43.4 Å². The van der Waals surface area contributed by atoms with Crippen molar-refractivity contribution in [2.75, 3.05) is 12.4 Å². The maximum absolute atomic E-state index is 12.8. The Bertz CT molecular complexity index is 1130. The third-order valence-corrected chi connectivity index (χ3v) is 6.17. The van der Waals surface area contributed by atoms with E-state index in [9.17, 15) is 14.4 Å². The van der Waals surface area contributed by atoms with Gasteiger partial charge in [0.05, 0.1) is 10.9 Å². The van der Waals surface area contributed by atoms with Gasteiger partial charge in [0.2, 0.25) is 0 Å². The summed E-state index contributed by atoms with van der Waals surface area (Å²) in [5.74, 6) is -0.825. The standard InChI is InChI=1S/C21H20N2O4S/c1-22-20(26)18-13-8-3-2-4-10-17(13)28-21(18)23-19(25)16-11-14(24)12-7-5-6-9-15(12)27-16/h5-7,9,11H,2-4,8,10H2,1H3,(H,22,26)(H,23,25). The zero-order valence-electron chi connectivity index (χ0n) is 15.5. The van der Waals surface area contributed by atoms with Crippen LogP contribution in [0.15, 0.2) is 39.5 Å². The van der Waals surface area contributed by atoms with Crippen LogP contribution in [0.4, 0.5) is 5.00 Å². The lowest BCUT2D eigenvalue weighted by Gasteiger charge is -2.08. The van der Waals surface area contributed by atoms with Gasteiger partial charge in [-0.3, -0.25) is 14.4 Å². The molecule has 0 saturated heterocycles. The molecule has 1 aromatic carbocycles. The average molecular weight is 396 g/mol. The number of thiophene rings is 1. The van der Waals surface area contributed by atoms with Gasteiger partial charge in [-0.1, -0.05) is 18.6 Å². The number of para-hydroxylation sites is 1. The molecule has 1 aliphatic carbocycles. The Morgan fingerprint density at radius 1 is 1.07 bits per heavy atom. The molecule has 3 aromatic rings. The van der Waals surface area contributed by atoms with Crippen molar-refractivity contribution in [1.29, 1.82) is 0 Å². The number of nitrogens with one attached hydrogen (secondary N) is 2. The number of amides is 2. The zero-order chi connectivity index (χ0) is 19.7. The fourth-order valence-corrected chi connectivity index (χ4v) is 4.86. The average Bonchev–Trinajstić information content (AvgIpc) is 2.87. The van der Waals surface area contributed by atoms with Crippen molar-refractivity contribution in [3.8, 4) is 0 Å². The predicted octanol–water partition coefficient (Wildman–Crippen LogP) is 3.74. The van der Waals surface area contributed by atoms with E-state index in [1.807, 2.05) is 0 Å². The first-order chi connectivity index (χ1) is 13.6. The van der Waals surface area contributed by atoms with E-state index in [4.69, 9.17) is 4.42 Å². The van der Waals surface area contributed by atoms with Crippen molar-refractivity contribution in [1.82, 2.24) is 5.32 Å². The second kappa shape index (κ2) is 7.59. The Kier molecular flexibility index (Phi) is 5.00. The number of hydrogen-bond acceptors (Lipinski definition) is 5. The highest BCUT2D eigenvalue weighted by Crippen LogP contribution is 2.37. The SMILES string of the molecule is CNC(=O)c1c(NC(=O)c2cc(=O)c3ccccc3o2)sc2c1CCCCC2. The van der Waals surface area contributed by atoms with Crippen molar-refractivity contribution in [3.05, 3.63) is 62.3 Å². The van der Waals surface area contributed by atoms with Crippen LogP contribution in [0.25, 0.3) is 11.0 Å². The molecule has 144 valence electrons. The van der Waals surface area contributed by atoms with Crippen molar-refractivity contribution >= 4 is 39.1 Å². The van der Waals surface area contributed by atoms with Crippen molar-refractivity contribution in [2.45, 2.75) is 32.1 Å². The van der Waals surface area contributed by atoms with Crippen LogP contribution in [0.5, 0.6) is 0 Å². The summed E-state index contributed by atoms with van der Waals surface area (Å²) < 4.78 is 5.62. The van der Waals surface area contributed by atoms with Gasteiger partial charge in [0.25, 0.3) is 11.8 Å². The summed E-state index contributed by atoms with van der Waals surface area (Å²) >= 11 is 1.44. The molecule has 1 aliphatic rings. The fraction of sp³-hybridized carbons (Fsp3) is 0.286. The predicted molar refractivity (Wildman–Crippen MR) is 109 cm³/mol. The van der Waals surface area contributed by atoms with Crippen LogP contribution in [0.1, 0.15) is 50.6 Å². The Labute approximate surface area is 165 Å². The Balaban J connectivity index is 1.72. The number of fused-ring (bicyclic) bond motifs is 2. The zero-order valence-corrected chi connectivity index (χ0v) is 16.3. The smallest absolute Gasteiger partial charge is 0.292 e. The van der Waals surface area contributed by atoms with E-state index in [2.05, 4.69) is 10.6 Å². The number of hydrogen-bond donors (Lipinski definition) is 2. The van der Waals surface area contributed by atoms with Gasteiger partial charge in [-0.25, -0.2) is 0 Å². The van der Waals surface area contributed by atoms with Crippen LogP contribution in [0.3, 0.4) is 0 Å². The number of carbonyl (C=O) groups excluding carboxylic acids is 2. The van der Waals surface area contributed by atoms with E-state index < -0.39 is 5.91 Å². The van der Waals surface area contributed by atoms with Gasteiger partial charge in [-0.15, -0.1) is 11.3 Å². The summed E-state index contributed by atoms with van der Waals surface area (Å²) in [4.78, 5) is 38.7.